The van der Waals surface area contributed by atoms with Crippen LogP contribution in [-0.4, -0.2) is 15.6 Å². The Hall–Kier alpha value is -1.02. The lowest BCUT2D eigenvalue weighted by molar-refractivity contribution is 0.411. The number of hydrogen-bond donors (Lipinski definition) is 1. The average Bonchev–Trinajstić information content (AvgIpc) is 2.85. The van der Waals surface area contributed by atoms with Crippen LogP contribution in [0.2, 0.25) is 0 Å². The number of hydrogen-bond acceptors (Lipinski definition) is 4. The highest BCUT2D eigenvalue weighted by Gasteiger charge is 2.45. The predicted octanol–water partition coefficient (Wildman–Crippen LogP) is 5.10. The molecular weight excluding hydrogens is 429 g/mol. The number of nitrogens with one attached hydrogen (secondary N) is 1. The maximum absolute atomic E-state index is 13.7. The van der Waals surface area contributed by atoms with E-state index in [1.807, 2.05) is 25.1 Å². The van der Waals surface area contributed by atoms with Crippen LogP contribution < -0.4 is 10.1 Å². The molecule has 7 heteroatoms. The van der Waals surface area contributed by atoms with Gasteiger partial charge in [0, 0.05) is 0 Å². The van der Waals surface area contributed by atoms with Gasteiger partial charge >= 0.3 is 0 Å². The van der Waals surface area contributed by atoms with Crippen molar-refractivity contribution in [3.05, 3.63) is 63.4 Å². The van der Waals surface area contributed by atoms with Gasteiger partial charge in [-0.15, -0.1) is 0 Å². The lowest BCUT2D eigenvalue weighted by Crippen LogP contribution is -2.43. The van der Waals surface area contributed by atoms with E-state index in [2.05, 4.69) is 21.2 Å². The number of ether oxygens (including phenoxy) is 1. The summed E-state index contributed by atoms with van der Waals surface area (Å²) in [6.07, 6.45) is 0. The lowest BCUT2D eigenvalue weighted by Gasteiger charge is -2.31. The molecule has 3 rings (SSSR count). The molecule has 1 aliphatic heterocycles. The maximum Gasteiger partial charge on any atom is 0.140 e. The summed E-state index contributed by atoms with van der Waals surface area (Å²) in [4.78, 5) is 0. The Morgan fingerprint density at radius 1 is 1.17 bits per heavy atom. The molecule has 0 aromatic heterocycles. The molecule has 0 amide bonds. The van der Waals surface area contributed by atoms with Crippen LogP contribution in [0.5, 0.6) is 5.75 Å². The smallest absolute Gasteiger partial charge is 0.140 e. The Morgan fingerprint density at radius 2 is 1.83 bits per heavy atom. The summed E-state index contributed by atoms with van der Waals surface area (Å²) >= 11 is 15.6. The van der Waals surface area contributed by atoms with Crippen LogP contribution in [0.15, 0.2) is 40.9 Å². The average molecular weight is 442 g/mol. The maximum atomic E-state index is 13.7. The van der Waals surface area contributed by atoms with Crippen LogP contribution in [0, 0.1) is 12.7 Å². The SMILES string of the molecule is COc1ccc(C2(c3ccc(F)c(Br)c3)NC(=S)SC2=S)cc1C. The van der Waals surface area contributed by atoms with Crippen molar-refractivity contribution < 1.29 is 9.13 Å². The second kappa shape index (κ2) is 6.71. The number of thiocarbonyl (C=S) groups is 2. The van der Waals surface area contributed by atoms with Crippen LogP contribution >= 0.6 is 52.1 Å². The van der Waals surface area contributed by atoms with E-state index < -0.39 is 5.54 Å². The summed E-state index contributed by atoms with van der Waals surface area (Å²) in [6, 6.07) is 10.8. The molecule has 124 valence electrons. The molecule has 1 unspecified atom stereocenters. The topological polar surface area (TPSA) is 21.3 Å². The minimum Gasteiger partial charge on any atom is -0.496 e. The minimum atomic E-state index is -0.773. The zero-order valence-electron chi connectivity index (χ0n) is 12.9. The molecular formula is C17H13BrFNOS3. The van der Waals surface area contributed by atoms with Gasteiger partial charge in [0.25, 0.3) is 0 Å². The first-order valence-corrected chi connectivity index (χ1v) is 9.46. The second-order valence-corrected chi connectivity index (χ2v) is 8.57. The molecule has 1 N–H and O–H groups in total. The largest absolute Gasteiger partial charge is 0.496 e. The van der Waals surface area contributed by atoms with Crippen LogP contribution in [0.25, 0.3) is 0 Å². The number of halogens is 2. The molecule has 0 aliphatic carbocycles. The first kappa shape index (κ1) is 17.8. The molecule has 2 nitrogen and oxygen atoms in total. The fourth-order valence-corrected chi connectivity index (χ4v) is 5.07. The normalized spacial score (nSPS) is 20.2. The number of benzene rings is 2. The quantitative estimate of drug-likeness (QED) is 0.666. The predicted molar refractivity (Wildman–Crippen MR) is 109 cm³/mol. The molecule has 0 saturated carbocycles. The summed E-state index contributed by atoms with van der Waals surface area (Å²) in [6.45, 7) is 1.97. The third-order valence-corrected chi connectivity index (χ3v) is 6.26. The van der Waals surface area contributed by atoms with Crippen LogP contribution in [0.3, 0.4) is 0 Å². The minimum absolute atomic E-state index is 0.320. The molecule has 2 aromatic rings. The molecule has 2 aromatic carbocycles. The van der Waals surface area contributed by atoms with Crippen molar-refractivity contribution in [2.45, 2.75) is 12.5 Å². The first-order valence-electron chi connectivity index (χ1n) is 7.03. The Labute approximate surface area is 163 Å². The number of methoxy groups -OCH3 is 1. The molecule has 0 spiro atoms. The van der Waals surface area contributed by atoms with Crippen molar-refractivity contribution >= 4 is 60.6 Å². The number of thioether (sulfide) groups is 1. The molecule has 1 saturated heterocycles. The van der Waals surface area contributed by atoms with Gasteiger partial charge in [0.2, 0.25) is 0 Å². The van der Waals surface area contributed by atoms with Gasteiger partial charge in [0.1, 0.15) is 21.4 Å². The van der Waals surface area contributed by atoms with Crippen molar-refractivity contribution in [3.8, 4) is 5.75 Å². The van der Waals surface area contributed by atoms with Crippen LogP contribution in [-0.2, 0) is 5.54 Å². The van der Waals surface area contributed by atoms with E-state index >= 15 is 0 Å². The standard InChI is InChI=1S/C17H13BrFNOS3/c1-9-7-10(4-6-14(9)21-2)17(15(22)24-16(23)20-17)11-3-5-13(19)12(18)8-11/h3-8H,1-2H3,(H,20,23). The van der Waals surface area contributed by atoms with Crippen LogP contribution in [0.4, 0.5) is 4.39 Å². The number of rotatable bonds is 3. The summed E-state index contributed by atoms with van der Waals surface area (Å²) in [5.41, 5.74) is 1.99. The Bertz CT molecular complexity index is 858. The van der Waals surface area contributed by atoms with Gasteiger partial charge in [-0.05, 0) is 63.8 Å². The van der Waals surface area contributed by atoms with Gasteiger partial charge < -0.3 is 10.1 Å². The van der Waals surface area contributed by atoms with Gasteiger partial charge in [0.15, 0.2) is 0 Å². The van der Waals surface area contributed by atoms with Crippen molar-refractivity contribution in [3.63, 3.8) is 0 Å². The molecule has 0 bridgehead atoms. The zero-order valence-corrected chi connectivity index (χ0v) is 16.9. The highest BCUT2D eigenvalue weighted by molar-refractivity contribution is 9.10. The Morgan fingerprint density at radius 3 is 2.38 bits per heavy atom. The third-order valence-electron chi connectivity index (χ3n) is 3.96. The van der Waals surface area contributed by atoms with E-state index in [0.29, 0.717) is 13.0 Å². The summed E-state index contributed by atoms with van der Waals surface area (Å²) < 4.78 is 20.7. The van der Waals surface area contributed by atoms with E-state index in [1.165, 1.54) is 17.8 Å². The van der Waals surface area contributed by atoms with Gasteiger partial charge in [-0.25, -0.2) is 4.39 Å². The highest BCUT2D eigenvalue weighted by atomic mass is 79.9. The second-order valence-electron chi connectivity index (χ2n) is 5.37. The van der Waals surface area contributed by atoms with Crippen molar-refractivity contribution in [1.82, 2.24) is 5.32 Å². The lowest BCUT2D eigenvalue weighted by atomic mass is 9.83. The highest BCUT2D eigenvalue weighted by Crippen LogP contribution is 2.43. The fourth-order valence-electron chi connectivity index (χ4n) is 2.78. The van der Waals surface area contributed by atoms with Crippen molar-refractivity contribution in [2.24, 2.45) is 0 Å². The molecule has 1 aliphatic rings. The molecule has 24 heavy (non-hydrogen) atoms. The molecule has 0 radical (unpaired) electrons. The fraction of sp³-hybridized carbons (Fsp3) is 0.176. The van der Waals surface area contributed by atoms with Gasteiger partial charge in [-0.2, -0.15) is 0 Å². The molecule has 1 heterocycles. The van der Waals surface area contributed by atoms with Crippen LogP contribution in [0.1, 0.15) is 16.7 Å². The molecule has 1 fully saturated rings. The zero-order chi connectivity index (χ0) is 17.5. The summed E-state index contributed by atoms with van der Waals surface area (Å²) in [5.74, 6) is 0.479. The third kappa shape index (κ3) is 2.87. The van der Waals surface area contributed by atoms with Crippen molar-refractivity contribution in [1.29, 1.82) is 0 Å². The van der Waals surface area contributed by atoms with E-state index in [1.54, 1.807) is 19.2 Å². The van der Waals surface area contributed by atoms with Gasteiger partial charge in [-0.3, -0.25) is 0 Å². The van der Waals surface area contributed by atoms with E-state index in [-0.39, 0.29) is 5.82 Å². The summed E-state index contributed by atoms with van der Waals surface area (Å²) in [7, 11) is 1.64. The number of aryl methyl sites for hydroxylation is 1. The van der Waals surface area contributed by atoms with Gasteiger partial charge in [0.05, 0.1) is 15.8 Å². The Kier molecular flexibility index (Phi) is 4.97. The monoisotopic (exact) mass is 441 g/mol. The summed E-state index contributed by atoms with van der Waals surface area (Å²) in [5, 5.41) is 3.33. The molecule has 1 atom stereocenters. The van der Waals surface area contributed by atoms with E-state index in [0.717, 1.165) is 22.4 Å². The van der Waals surface area contributed by atoms with Gasteiger partial charge in [-0.1, -0.05) is 48.3 Å². The first-order chi connectivity index (χ1) is 11.4. The van der Waals surface area contributed by atoms with E-state index in [4.69, 9.17) is 29.2 Å². The van der Waals surface area contributed by atoms with E-state index in [9.17, 15) is 4.39 Å². The van der Waals surface area contributed by atoms with Crippen molar-refractivity contribution in [2.75, 3.05) is 7.11 Å². The Balaban J connectivity index is 2.24.